The molecular formula is C19H19NO3. The number of anilines is 1. The third-order valence-electron chi connectivity index (χ3n) is 4.36. The summed E-state index contributed by atoms with van der Waals surface area (Å²) in [6.45, 7) is 2.43. The molecule has 2 aliphatic rings. The maximum absolute atomic E-state index is 12.6. The Bertz CT molecular complexity index is 725. The van der Waals surface area contributed by atoms with Crippen LogP contribution in [0.1, 0.15) is 31.2 Å². The van der Waals surface area contributed by atoms with E-state index < -0.39 is 11.9 Å². The number of carbonyl (C=O) groups is 2. The van der Waals surface area contributed by atoms with Crippen LogP contribution in [0.3, 0.4) is 0 Å². The van der Waals surface area contributed by atoms with E-state index in [1.807, 2.05) is 49.4 Å². The van der Waals surface area contributed by atoms with Crippen molar-refractivity contribution in [3.63, 3.8) is 0 Å². The molecule has 1 amide bonds. The molecule has 1 aromatic rings. The molecule has 1 aliphatic heterocycles. The fourth-order valence-electron chi connectivity index (χ4n) is 3.06. The second kappa shape index (κ2) is 6.24. The lowest BCUT2D eigenvalue weighted by Gasteiger charge is -2.17. The zero-order valence-corrected chi connectivity index (χ0v) is 13.0. The Kier molecular flexibility index (Phi) is 4.15. The molecule has 1 saturated heterocycles. The predicted octanol–water partition coefficient (Wildman–Crippen LogP) is 3.42. The quantitative estimate of drug-likeness (QED) is 0.927. The number of carboxylic acids is 1. The van der Waals surface area contributed by atoms with E-state index in [4.69, 9.17) is 0 Å². The number of fused-ring (bicyclic) bond motifs is 1. The summed E-state index contributed by atoms with van der Waals surface area (Å²) in [6, 6.07) is 7.28. The van der Waals surface area contributed by atoms with Crippen LogP contribution in [0.5, 0.6) is 0 Å². The molecule has 1 heterocycles. The molecule has 0 saturated carbocycles. The number of benzene rings is 1. The van der Waals surface area contributed by atoms with Gasteiger partial charge in [0, 0.05) is 11.3 Å². The fraction of sp³-hybridized carbons (Fsp3) is 0.263. The molecule has 0 spiro atoms. The highest BCUT2D eigenvalue weighted by atomic mass is 16.4. The molecule has 1 unspecified atom stereocenters. The van der Waals surface area contributed by atoms with Crippen LogP contribution in [0.2, 0.25) is 0 Å². The number of hydrogen-bond donors (Lipinski definition) is 1. The Hall–Kier alpha value is -2.62. The van der Waals surface area contributed by atoms with Crippen molar-refractivity contribution in [2.24, 2.45) is 0 Å². The minimum absolute atomic E-state index is 0.000765. The van der Waals surface area contributed by atoms with Gasteiger partial charge < -0.3 is 10.0 Å². The van der Waals surface area contributed by atoms with Crippen LogP contribution in [0.4, 0.5) is 5.69 Å². The van der Waals surface area contributed by atoms with E-state index in [1.165, 1.54) is 0 Å². The van der Waals surface area contributed by atoms with Gasteiger partial charge in [0.15, 0.2) is 0 Å². The second-order valence-electron chi connectivity index (χ2n) is 5.76. The van der Waals surface area contributed by atoms with Crippen molar-refractivity contribution in [3.8, 4) is 0 Å². The smallest absolute Gasteiger partial charge is 0.310 e. The van der Waals surface area contributed by atoms with Gasteiger partial charge in [-0.15, -0.1) is 0 Å². The van der Waals surface area contributed by atoms with Gasteiger partial charge in [0.2, 0.25) is 0 Å². The topological polar surface area (TPSA) is 57.6 Å². The number of carbonyl (C=O) groups excluding carboxylic acids is 1. The van der Waals surface area contributed by atoms with Crippen LogP contribution >= 0.6 is 0 Å². The number of amides is 1. The maximum Gasteiger partial charge on any atom is 0.310 e. The Morgan fingerprint density at radius 3 is 2.70 bits per heavy atom. The standard InChI is InChI=1S/C19H19NO3/c1-2-16(19(22)23)13-8-10-15(11-9-13)20-12-14-6-4-3-5-7-17(14)18(20)21/h3,5-11,16H,2,4,12H2,1H3,(H,22,23). The highest BCUT2D eigenvalue weighted by Gasteiger charge is 2.31. The summed E-state index contributed by atoms with van der Waals surface area (Å²) in [7, 11) is 0. The molecule has 1 aliphatic carbocycles. The first-order chi connectivity index (χ1) is 11.1. The van der Waals surface area contributed by atoms with E-state index >= 15 is 0 Å². The van der Waals surface area contributed by atoms with Gasteiger partial charge in [-0.3, -0.25) is 9.59 Å². The van der Waals surface area contributed by atoms with Gasteiger partial charge in [-0.05, 0) is 42.2 Å². The maximum atomic E-state index is 12.6. The van der Waals surface area contributed by atoms with Gasteiger partial charge in [0.1, 0.15) is 0 Å². The van der Waals surface area contributed by atoms with E-state index in [-0.39, 0.29) is 5.91 Å². The van der Waals surface area contributed by atoms with Crippen molar-refractivity contribution >= 4 is 17.6 Å². The van der Waals surface area contributed by atoms with Gasteiger partial charge in [-0.2, -0.15) is 0 Å². The van der Waals surface area contributed by atoms with E-state index in [0.717, 1.165) is 28.8 Å². The van der Waals surface area contributed by atoms with Crippen molar-refractivity contribution in [2.75, 3.05) is 11.4 Å². The van der Waals surface area contributed by atoms with Crippen molar-refractivity contribution < 1.29 is 14.7 Å². The largest absolute Gasteiger partial charge is 0.481 e. The molecule has 0 radical (unpaired) electrons. The monoisotopic (exact) mass is 309 g/mol. The molecule has 1 fully saturated rings. The number of carboxylic acid groups (broad SMARTS) is 1. The predicted molar refractivity (Wildman–Crippen MR) is 89.4 cm³/mol. The van der Waals surface area contributed by atoms with Gasteiger partial charge in [-0.25, -0.2) is 0 Å². The van der Waals surface area contributed by atoms with E-state index in [0.29, 0.717) is 13.0 Å². The Morgan fingerprint density at radius 2 is 2.04 bits per heavy atom. The highest BCUT2D eigenvalue weighted by Crippen LogP contribution is 2.31. The normalized spacial score (nSPS) is 18.1. The molecule has 23 heavy (non-hydrogen) atoms. The van der Waals surface area contributed by atoms with Crippen LogP contribution < -0.4 is 4.90 Å². The summed E-state index contributed by atoms with van der Waals surface area (Å²) in [5.41, 5.74) is 3.38. The third-order valence-corrected chi connectivity index (χ3v) is 4.36. The minimum Gasteiger partial charge on any atom is -0.481 e. The average molecular weight is 309 g/mol. The van der Waals surface area contributed by atoms with Crippen molar-refractivity contribution in [1.82, 2.24) is 0 Å². The van der Waals surface area contributed by atoms with Crippen LogP contribution in [0.25, 0.3) is 0 Å². The second-order valence-corrected chi connectivity index (χ2v) is 5.76. The number of aliphatic carboxylic acids is 1. The summed E-state index contributed by atoms with van der Waals surface area (Å²) >= 11 is 0. The molecule has 4 nitrogen and oxygen atoms in total. The highest BCUT2D eigenvalue weighted by molar-refractivity contribution is 6.13. The summed E-state index contributed by atoms with van der Waals surface area (Å²) in [5, 5.41) is 9.23. The molecule has 118 valence electrons. The number of nitrogens with zero attached hydrogens (tertiary/aromatic N) is 1. The summed E-state index contributed by atoms with van der Waals surface area (Å²) in [4.78, 5) is 25.5. The van der Waals surface area contributed by atoms with Gasteiger partial charge in [-0.1, -0.05) is 37.3 Å². The average Bonchev–Trinajstić information content (AvgIpc) is 2.72. The first-order valence-corrected chi connectivity index (χ1v) is 7.82. The van der Waals surface area contributed by atoms with Crippen LogP contribution in [-0.4, -0.2) is 23.5 Å². The number of allylic oxidation sites excluding steroid dienone is 4. The summed E-state index contributed by atoms with van der Waals surface area (Å²) in [6.07, 6.45) is 9.28. The van der Waals surface area contributed by atoms with Gasteiger partial charge >= 0.3 is 5.97 Å². The van der Waals surface area contributed by atoms with Crippen LogP contribution in [0, 0.1) is 0 Å². The first kappa shape index (κ1) is 15.3. The molecule has 3 rings (SSSR count). The van der Waals surface area contributed by atoms with E-state index in [1.54, 1.807) is 4.90 Å². The molecule has 1 aromatic carbocycles. The van der Waals surface area contributed by atoms with Gasteiger partial charge in [0.25, 0.3) is 5.91 Å². The Labute approximate surface area is 135 Å². The Morgan fingerprint density at radius 1 is 1.30 bits per heavy atom. The van der Waals surface area contributed by atoms with Crippen molar-refractivity contribution in [2.45, 2.75) is 25.7 Å². The Balaban J connectivity index is 1.86. The van der Waals surface area contributed by atoms with Crippen molar-refractivity contribution in [3.05, 3.63) is 65.3 Å². The SMILES string of the molecule is CCC(C(=O)O)c1ccc(N2CC3=CCC=CC=C3C2=O)cc1. The molecule has 1 N–H and O–H groups in total. The van der Waals surface area contributed by atoms with Crippen molar-refractivity contribution in [1.29, 1.82) is 0 Å². The van der Waals surface area contributed by atoms with Gasteiger partial charge in [0.05, 0.1) is 12.5 Å². The molecule has 4 heteroatoms. The van der Waals surface area contributed by atoms with Crippen LogP contribution in [0.15, 0.2) is 59.7 Å². The van der Waals surface area contributed by atoms with Crippen LogP contribution in [-0.2, 0) is 9.59 Å². The summed E-state index contributed by atoms with van der Waals surface area (Å²) in [5.74, 6) is -1.32. The van der Waals surface area contributed by atoms with E-state index in [9.17, 15) is 14.7 Å². The molecule has 1 atom stereocenters. The minimum atomic E-state index is -0.818. The third kappa shape index (κ3) is 2.84. The van der Waals surface area contributed by atoms with E-state index in [2.05, 4.69) is 6.08 Å². The lowest BCUT2D eigenvalue weighted by atomic mass is 9.96. The lowest BCUT2D eigenvalue weighted by molar-refractivity contribution is -0.138. The number of rotatable bonds is 4. The number of hydrogen-bond acceptors (Lipinski definition) is 2. The first-order valence-electron chi connectivity index (χ1n) is 7.82. The lowest BCUT2D eigenvalue weighted by Crippen LogP contribution is -2.24. The fourth-order valence-corrected chi connectivity index (χ4v) is 3.06. The molecular weight excluding hydrogens is 290 g/mol. The summed E-state index contributed by atoms with van der Waals surface area (Å²) < 4.78 is 0. The molecule has 0 bridgehead atoms. The zero-order valence-electron chi connectivity index (χ0n) is 13.0. The molecule has 0 aromatic heterocycles. The zero-order chi connectivity index (χ0) is 16.4.